The normalized spacial score (nSPS) is 20.9. The third kappa shape index (κ3) is 2.90. The highest BCUT2D eigenvalue weighted by Crippen LogP contribution is 2.34. The maximum Gasteiger partial charge on any atom is 0.101 e. The molecule has 1 aliphatic heterocycles. The van der Waals surface area contributed by atoms with Crippen LogP contribution in [0.25, 0.3) is 0 Å². The molecule has 102 valence electrons. The number of hydrogen-bond acceptors (Lipinski definition) is 3. The van der Waals surface area contributed by atoms with Gasteiger partial charge in [0.25, 0.3) is 0 Å². The molecule has 0 aliphatic carbocycles. The van der Waals surface area contributed by atoms with Crippen LogP contribution in [0, 0.1) is 18.3 Å². The number of para-hydroxylation sites is 1. The zero-order chi connectivity index (χ0) is 14.3. The number of nitrogens with zero attached hydrogens (tertiary/aromatic N) is 2. The molecule has 1 heterocycles. The van der Waals surface area contributed by atoms with Gasteiger partial charge in [0.1, 0.15) is 6.07 Å². The van der Waals surface area contributed by atoms with E-state index in [0.717, 1.165) is 29.9 Å². The SMILES string of the molecule is Cc1cccc(C#N)c1N1CC(C)(C)OC(C)(C)C1. The van der Waals surface area contributed by atoms with Crippen molar-refractivity contribution in [2.45, 2.75) is 45.8 Å². The molecule has 0 unspecified atom stereocenters. The van der Waals surface area contributed by atoms with Crippen molar-refractivity contribution in [1.29, 1.82) is 5.26 Å². The lowest BCUT2D eigenvalue weighted by atomic mass is 9.96. The lowest BCUT2D eigenvalue weighted by molar-refractivity contribution is -0.133. The van der Waals surface area contributed by atoms with Crippen LogP contribution in [0.4, 0.5) is 5.69 Å². The van der Waals surface area contributed by atoms with Gasteiger partial charge in [-0.3, -0.25) is 0 Å². The van der Waals surface area contributed by atoms with E-state index in [1.54, 1.807) is 0 Å². The highest BCUT2D eigenvalue weighted by atomic mass is 16.5. The number of ether oxygens (including phenoxy) is 1. The van der Waals surface area contributed by atoms with Crippen LogP contribution in [-0.2, 0) is 4.74 Å². The van der Waals surface area contributed by atoms with E-state index in [0.29, 0.717) is 0 Å². The molecule has 0 bridgehead atoms. The van der Waals surface area contributed by atoms with Crippen molar-refractivity contribution in [2.75, 3.05) is 18.0 Å². The van der Waals surface area contributed by atoms with Crippen LogP contribution in [0.2, 0.25) is 0 Å². The van der Waals surface area contributed by atoms with Gasteiger partial charge in [0, 0.05) is 13.1 Å². The van der Waals surface area contributed by atoms with Gasteiger partial charge in [-0.05, 0) is 46.2 Å². The van der Waals surface area contributed by atoms with Crippen molar-refractivity contribution in [3.05, 3.63) is 29.3 Å². The molecule has 0 aromatic heterocycles. The van der Waals surface area contributed by atoms with Gasteiger partial charge < -0.3 is 9.64 Å². The molecule has 1 aliphatic rings. The minimum absolute atomic E-state index is 0.212. The lowest BCUT2D eigenvalue weighted by Gasteiger charge is -2.48. The molecule has 2 rings (SSSR count). The Balaban J connectivity index is 2.45. The largest absolute Gasteiger partial charge is 0.366 e. The third-order valence-corrected chi connectivity index (χ3v) is 3.37. The van der Waals surface area contributed by atoms with Crippen molar-refractivity contribution in [2.24, 2.45) is 0 Å². The smallest absolute Gasteiger partial charge is 0.101 e. The van der Waals surface area contributed by atoms with Gasteiger partial charge in [0.05, 0.1) is 22.5 Å². The van der Waals surface area contributed by atoms with Gasteiger partial charge in [-0.25, -0.2) is 0 Å². The Labute approximate surface area is 115 Å². The van der Waals surface area contributed by atoms with Crippen LogP contribution in [0.15, 0.2) is 18.2 Å². The first kappa shape index (κ1) is 13.9. The molecule has 1 aromatic rings. The Morgan fingerprint density at radius 3 is 2.26 bits per heavy atom. The van der Waals surface area contributed by atoms with E-state index < -0.39 is 0 Å². The van der Waals surface area contributed by atoms with Crippen molar-refractivity contribution < 1.29 is 4.74 Å². The van der Waals surface area contributed by atoms with E-state index in [4.69, 9.17) is 4.74 Å². The second-order valence-corrected chi connectivity index (χ2v) is 6.56. The van der Waals surface area contributed by atoms with E-state index >= 15 is 0 Å². The van der Waals surface area contributed by atoms with Crippen LogP contribution < -0.4 is 4.90 Å². The average molecular weight is 258 g/mol. The molecule has 0 N–H and O–H groups in total. The Bertz CT molecular complexity index is 510. The van der Waals surface area contributed by atoms with Gasteiger partial charge in [-0.2, -0.15) is 5.26 Å². The summed E-state index contributed by atoms with van der Waals surface area (Å²) in [6.07, 6.45) is 0. The van der Waals surface area contributed by atoms with E-state index in [-0.39, 0.29) is 11.2 Å². The summed E-state index contributed by atoms with van der Waals surface area (Å²) in [6, 6.07) is 8.19. The fourth-order valence-corrected chi connectivity index (χ4v) is 3.11. The number of benzene rings is 1. The zero-order valence-corrected chi connectivity index (χ0v) is 12.4. The molecule has 1 aromatic carbocycles. The van der Waals surface area contributed by atoms with Crippen molar-refractivity contribution in [3.63, 3.8) is 0 Å². The molecule has 0 saturated carbocycles. The zero-order valence-electron chi connectivity index (χ0n) is 12.4. The second kappa shape index (κ2) is 4.54. The predicted molar refractivity (Wildman–Crippen MR) is 77.4 cm³/mol. The highest BCUT2D eigenvalue weighted by molar-refractivity contribution is 5.64. The minimum Gasteiger partial charge on any atom is -0.366 e. The number of anilines is 1. The summed E-state index contributed by atoms with van der Waals surface area (Å²) in [5, 5.41) is 9.33. The topological polar surface area (TPSA) is 36.3 Å². The first-order valence-electron chi connectivity index (χ1n) is 6.69. The van der Waals surface area contributed by atoms with E-state index in [1.165, 1.54) is 0 Å². The standard InChI is InChI=1S/C16H22N2O/c1-12-7-6-8-13(9-17)14(12)18-10-15(2,3)19-16(4,5)11-18/h6-8H,10-11H2,1-5H3. The summed E-state index contributed by atoms with van der Waals surface area (Å²) in [5.74, 6) is 0. The van der Waals surface area contributed by atoms with Crippen LogP contribution in [-0.4, -0.2) is 24.3 Å². The van der Waals surface area contributed by atoms with Gasteiger partial charge in [-0.1, -0.05) is 12.1 Å². The maximum absolute atomic E-state index is 9.33. The average Bonchev–Trinajstić information content (AvgIpc) is 2.24. The number of hydrogen-bond donors (Lipinski definition) is 0. The molecule has 0 amide bonds. The van der Waals surface area contributed by atoms with Gasteiger partial charge in [0.15, 0.2) is 0 Å². The highest BCUT2D eigenvalue weighted by Gasteiger charge is 2.39. The van der Waals surface area contributed by atoms with Crippen LogP contribution in [0.1, 0.15) is 38.8 Å². The molecule has 3 heteroatoms. The third-order valence-electron chi connectivity index (χ3n) is 3.37. The van der Waals surface area contributed by atoms with Gasteiger partial charge in [0.2, 0.25) is 0 Å². The van der Waals surface area contributed by atoms with Crippen molar-refractivity contribution in [1.82, 2.24) is 0 Å². The van der Waals surface area contributed by atoms with Crippen LogP contribution >= 0.6 is 0 Å². The summed E-state index contributed by atoms with van der Waals surface area (Å²) in [4.78, 5) is 2.29. The molecule has 0 radical (unpaired) electrons. The maximum atomic E-state index is 9.33. The van der Waals surface area contributed by atoms with Crippen LogP contribution in [0.3, 0.4) is 0 Å². The second-order valence-electron chi connectivity index (χ2n) is 6.56. The van der Waals surface area contributed by atoms with E-state index in [9.17, 15) is 5.26 Å². The molecule has 1 fully saturated rings. The summed E-state index contributed by atoms with van der Waals surface area (Å²) in [5.41, 5.74) is 2.52. The monoisotopic (exact) mass is 258 g/mol. The van der Waals surface area contributed by atoms with Crippen LogP contribution in [0.5, 0.6) is 0 Å². The number of rotatable bonds is 1. The molecule has 1 saturated heterocycles. The lowest BCUT2D eigenvalue weighted by Crippen LogP contribution is -2.57. The first-order chi connectivity index (χ1) is 8.74. The minimum atomic E-state index is -0.212. The van der Waals surface area contributed by atoms with Gasteiger partial charge >= 0.3 is 0 Å². The quantitative estimate of drug-likeness (QED) is 0.775. The summed E-state index contributed by atoms with van der Waals surface area (Å²) in [6.45, 7) is 12.1. The number of morpholine rings is 1. The fraction of sp³-hybridized carbons (Fsp3) is 0.562. The predicted octanol–water partition coefficient (Wildman–Crippen LogP) is 3.26. The molecular formula is C16H22N2O. The van der Waals surface area contributed by atoms with Crippen molar-refractivity contribution >= 4 is 5.69 Å². The van der Waals surface area contributed by atoms with Gasteiger partial charge in [-0.15, -0.1) is 0 Å². The molecule has 3 nitrogen and oxygen atoms in total. The molecular weight excluding hydrogens is 236 g/mol. The molecule has 19 heavy (non-hydrogen) atoms. The number of nitriles is 1. The summed E-state index contributed by atoms with van der Waals surface area (Å²) < 4.78 is 6.10. The molecule has 0 atom stereocenters. The van der Waals surface area contributed by atoms with E-state index in [1.807, 2.05) is 12.1 Å². The Morgan fingerprint density at radius 2 is 1.74 bits per heavy atom. The van der Waals surface area contributed by atoms with Crippen molar-refractivity contribution in [3.8, 4) is 6.07 Å². The Kier molecular flexibility index (Phi) is 3.32. The Morgan fingerprint density at radius 1 is 1.16 bits per heavy atom. The van der Waals surface area contributed by atoms with E-state index in [2.05, 4.69) is 51.7 Å². The summed E-state index contributed by atoms with van der Waals surface area (Å²) in [7, 11) is 0. The molecule has 0 spiro atoms. The fourth-order valence-electron chi connectivity index (χ4n) is 3.11. The number of aryl methyl sites for hydroxylation is 1. The summed E-state index contributed by atoms with van der Waals surface area (Å²) >= 11 is 0. The Hall–Kier alpha value is -1.53. The first-order valence-corrected chi connectivity index (χ1v) is 6.69.